The Bertz CT molecular complexity index is 197. The van der Waals surface area contributed by atoms with Gasteiger partial charge < -0.3 is 4.74 Å². The lowest BCUT2D eigenvalue weighted by Crippen LogP contribution is -1.89. The second-order valence-corrected chi connectivity index (χ2v) is 3.79. The highest BCUT2D eigenvalue weighted by molar-refractivity contribution is 4.94. The van der Waals surface area contributed by atoms with E-state index in [9.17, 15) is 0 Å². The molecule has 0 aromatic carbocycles. The van der Waals surface area contributed by atoms with Gasteiger partial charge in [-0.1, -0.05) is 31.2 Å². The fourth-order valence-electron chi connectivity index (χ4n) is 1.04. The van der Waals surface area contributed by atoms with Crippen LogP contribution in [0.3, 0.4) is 0 Å². The van der Waals surface area contributed by atoms with E-state index in [1.165, 1.54) is 12.0 Å². The molecule has 1 unspecified atom stereocenters. The zero-order chi connectivity index (χ0) is 10.8. The molecular weight excluding hydrogens is 172 g/mol. The largest absolute Gasteiger partial charge is 0.497 e. The maximum Gasteiger partial charge on any atom is 0.105 e. The molecule has 0 N–H and O–H groups in total. The van der Waals surface area contributed by atoms with E-state index in [0.717, 1.165) is 6.42 Å². The van der Waals surface area contributed by atoms with Gasteiger partial charge in [-0.2, -0.15) is 0 Å². The van der Waals surface area contributed by atoms with Crippen LogP contribution in [0.1, 0.15) is 33.6 Å². The van der Waals surface area contributed by atoms with Gasteiger partial charge in [0.2, 0.25) is 0 Å². The molecule has 1 heteroatoms. The summed E-state index contributed by atoms with van der Waals surface area (Å²) in [7, 11) is 0. The monoisotopic (exact) mass is 194 g/mol. The molecule has 0 saturated carbocycles. The number of rotatable bonds is 7. The minimum absolute atomic E-state index is 0.579. The summed E-state index contributed by atoms with van der Waals surface area (Å²) in [5, 5.41) is 0. The van der Waals surface area contributed by atoms with Gasteiger partial charge in [-0.3, -0.25) is 0 Å². The topological polar surface area (TPSA) is 9.23 Å². The summed E-state index contributed by atoms with van der Waals surface area (Å²) in [4.78, 5) is 0. The standard InChI is InChI=1S/C13H22O/c1-5-10-14-11-9-13(4)8-6-7-12(2)3/h5,7,9,11,13H,1,6,8,10H2,2-4H3. The summed E-state index contributed by atoms with van der Waals surface area (Å²) in [5.74, 6) is 0.579. The zero-order valence-corrected chi connectivity index (χ0v) is 9.62. The first-order valence-electron chi connectivity index (χ1n) is 5.19. The van der Waals surface area contributed by atoms with Gasteiger partial charge in [0.15, 0.2) is 0 Å². The van der Waals surface area contributed by atoms with E-state index in [0.29, 0.717) is 12.5 Å². The van der Waals surface area contributed by atoms with Crippen molar-refractivity contribution in [1.82, 2.24) is 0 Å². The van der Waals surface area contributed by atoms with Crippen molar-refractivity contribution in [2.45, 2.75) is 33.6 Å². The maximum absolute atomic E-state index is 5.17. The molecule has 1 nitrogen and oxygen atoms in total. The summed E-state index contributed by atoms with van der Waals surface area (Å²) in [6.07, 6.45) is 10.2. The quantitative estimate of drug-likeness (QED) is 0.337. The number of allylic oxidation sites excluding steroid dienone is 3. The van der Waals surface area contributed by atoms with Gasteiger partial charge in [0.25, 0.3) is 0 Å². The van der Waals surface area contributed by atoms with Crippen LogP contribution >= 0.6 is 0 Å². The molecule has 0 amide bonds. The minimum atomic E-state index is 0.579. The van der Waals surface area contributed by atoms with Crippen LogP contribution in [0.5, 0.6) is 0 Å². The van der Waals surface area contributed by atoms with E-state index in [1.54, 1.807) is 12.3 Å². The van der Waals surface area contributed by atoms with E-state index in [2.05, 4.69) is 39.5 Å². The summed E-state index contributed by atoms with van der Waals surface area (Å²) < 4.78 is 5.17. The summed E-state index contributed by atoms with van der Waals surface area (Å²) in [6.45, 7) is 10.6. The molecule has 0 fully saturated rings. The Labute approximate surface area is 88.2 Å². The minimum Gasteiger partial charge on any atom is -0.497 e. The maximum atomic E-state index is 5.17. The van der Waals surface area contributed by atoms with Crippen LogP contribution in [0, 0.1) is 5.92 Å². The van der Waals surface area contributed by atoms with E-state index in [4.69, 9.17) is 4.74 Å². The predicted octanol–water partition coefficient (Wildman–Crippen LogP) is 4.09. The number of hydrogen-bond donors (Lipinski definition) is 0. The molecule has 0 radical (unpaired) electrons. The lowest BCUT2D eigenvalue weighted by atomic mass is 10.1. The van der Waals surface area contributed by atoms with Crippen molar-refractivity contribution in [3.8, 4) is 0 Å². The normalized spacial score (nSPS) is 12.5. The lowest BCUT2D eigenvalue weighted by Gasteiger charge is -2.03. The zero-order valence-electron chi connectivity index (χ0n) is 9.62. The van der Waals surface area contributed by atoms with Gasteiger partial charge in [-0.25, -0.2) is 0 Å². The molecule has 0 aromatic heterocycles. The highest BCUT2D eigenvalue weighted by Gasteiger charge is 1.94. The first-order valence-corrected chi connectivity index (χ1v) is 5.19. The van der Waals surface area contributed by atoms with Crippen LogP contribution in [-0.4, -0.2) is 6.61 Å². The van der Waals surface area contributed by atoms with E-state index in [-0.39, 0.29) is 0 Å². The Kier molecular flexibility index (Phi) is 8.01. The van der Waals surface area contributed by atoms with Crippen molar-refractivity contribution in [3.63, 3.8) is 0 Å². The second kappa shape index (κ2) is 8.61. The van der Waals surface area contributed by atoms with Crippen molar-refractivity contribution in [2.75, 3.05) is 6.61 Å². The van der Waals surface area contributed by atoms with Crippen LogP contribution in [0.25, 0.3) is 0 Å². The van der Waals surface area contributed by atoms with Gasteiger partial charge in [-0.15, -0.1) is 0 Å². The predicted molar refractivity (Wildman–Crippen MR) is 63.1 cm³/mol. The van der Waals surface area contributed by atoms with Crippen LogP contribution in [0.2, 0.25) is 0 Å². The smallest absolute Gasteiger partial charge is 0.105 e. The van der Waals surface area contributed by atoms with Gasteiger partial charge in [0.05, 0.1) is 6.26 Å². The molecule has 0 aliphatic carbocycles. The molecule has 0 rings (SSSR count). The van der Waals surface area contributed by atoms with Crippen molar-refractivity contribution in [1.29, 1.82) is 0 Å². The van der Waals surface area contributed by atoms with Crippen LogP contribution in [0.15, 0.2) is 36.6 Å². The Balaban J connectivity index is 3.54. The van der Waals surface area contributed by atoms with Crippen molar-refractivity contribution in [2.24, 2.45) is 5.92 Å². The Morgan fingerprint density at radius 1 is 1.43 bits per heavy atom. The van der Waals surface area contributed by atoms with Crippen LogP contribution in [0.4, 0.5) is 0 Å². The van der Waals surface area contributed by atoms with Crippen molar-refractivity contribution < 1.29 is 4.74 Å². The molecule has 0 aliphatic rings. The Morgan fingerprint density at radius 3 is 2.71 bits per heavy atom. The fraction of sp³-hybridized carbons (Fsp3) is 0.538. The van der Waals surface area contributed by atoms with Gasteiger partial charge in [0.1, 0.15) is 6.61 Å². The van der Waals surface area contributed by atoms with Crippen molar-refractivity contribution in [3.05, 3.63) is 36.6 Å². The first-order chi connectivity index (χ1) is 6.66. The van der Waals surface area contributed by atoms with Gasteiger partial charge >= 0.3 is 0 Å². The summed E-state index contributed by atoms with van der Waals surface area (Å²) >= 11 is 0. The molecular formula is C13H22O. The highest BCUT2D eigenvalue weighted by Crippen LogP contribution is 2.08. The van der Waals surface area contributed by atoms with Crippen LogP contribution < -0.4 is 0 Å². The fourth-order valence-corrected chi connectivity index (χ4v) is 1.04. The first kappa shape index (κ1) is 13.0. The third kappa shape index (κ3) is 9.11. The molecule has 0 spiro atoms. The van der Waals surface area contributed by atoms with Crippen LogP contribution in [-0.2, 0) is 4.74 Å². The van der Waals surface area contributed by atoms with Gasteiger partial charge in [0, 0.05) is 0 Å². The third-order valence-corrected chi connectivity index (χ3v) is 1.89. The molecule has 0 heterocycles. The average Bonchev–Trinajstić information content (AvgIpc) is 2.12. The summed E-state index contributed by atoms with van der Waals surface area (Å²) in [6, 6.07) is 0. The van der Waals surface area contributed by atoms with Gasteiger partial charge in [-0.05, 0) is 38.7 Å². The second-order valence-electron chi connectivity index (χ2n) is 3.79. The Morgan fingerprint density at radius 2 is 2.14 bits per heavy atom. The number of ether oxygens (including phenoxy) is 1. The molecule has 80 valence electrons. The molecule has 0 bridgehead atoms. The highest BCUT2D eigenvalue weighted by atomic mass is 16.5. The van der Waals surface area contributed by atoms with E-state index in [1.807, 2.05) is 0 Å². The van der Waals surface area contributed by atoms with E-state index < -0.39 is 0 Å². The average molecular weight is 194 g/mol. The molecule has 0 saturated heterocycles. The van der Waals surface area contributed by atoms with E-state index >= 15 is 0 Å². The lowest BCUT2D eigenvalue weighted by molar-refractivity contribution is 0.286. The third-order valence-electron chi connectivity index (χ3n) is 1.89. The number of hydrogen-bond acceptors (Lipinski definition) is 1. The Hall–Kier alpha value is -0.980. The van der Waals surface area contributed by atoms with Crippen molar-refractivity contribution >= 4 is 0 Å². The molecule has 1 atom stereocenters. The molecule has 14 heavy (non-hydrogen) atoms. The molecule has 0 aliphatic heterocycles. The summed E-state index contributed by atoms with van der Waals surface area (Å²) in [5.41, 5.74) is 1.39. The SMILES string of the molecule is C=CCOC=CC(C)CCC=C(C)C. The molecule has 0 aromatic rings.